The fourth-order valence-electron chi connectivity index (χ4n) is 3.22. The zero-order valence-corrected chi connectivity index (χ0v) is 10.8. The molecule has 94 valence electrons. The van der Waals surface area contributed by atoms with Crippen molar-refractivity contribution in [3.8, 4) is 0 Å². The summed E-state index contributed by atoms with van der Waals surface area (Å²) in [4.78, 5) is 0. The van der Waals surface area contributed by atoms with E-state index in [2.05, 4.69) is 19.2 Å². The van der Waals surface area contributed by atoms with E-state index in [-0.39, 0.29) is 5.79 Å². The Morgan fingerprint density at radius 3 is 2.62 bits per heavy atom. The van der Waals surface area contributed by atoms with Gasteiger partial charge < -0.3 is 14.8 Å². The monoisotopic (exact) mass is 227 g/mol. The molecule has 0 aromatic rings. The molecule has 0 bridgehead atoms. The van der Waals surface area contributed by atoms with Gasteiger partial charge in [-0.05, 0) is 31.2 Å². The van der Waals surface area contributed by atoms with Crippen molar-refractivity contribution >= 4 is 0 Å². The summed E-state index contributed by atoms with van der Waals surface area (Å²) in [6.45, 7) is 7.32. The third-order valence-electron chi connectivity index (χ3n) is 4.22. The van der Waals surface area contributed by atoms with Crippen molar-refractivity contribution in [3.63, 3.8) is 0 Å². The molecule has 2 rings (SSSR count). The van der Waals surface area contributed by atoms with Gasteiger partial charge in [-0.25, -0.2) is 0 Å². The molecule has 3 nitrogen and oxygen atoms in total. The van der Waals surface area contributed by atoms with Crippen LogP contribution in [0, 0.1) is 11.3 Å². The molecule has 1 saturated heterocycles. The quantitative estimate of drug-likeness (QED) is 0.801. The summed E-state index contributed by atoms with van der Waals surface area (Å²) in [6, 6.07) is 0. The molecular weight excluding hydrogens is 202 g/mol. The molecule has 1 unspecified atom stereocenters. The minimum Gasteiger partial charge on any atom is -0.348 e. The van der Waals surface area contributed by atoms with Gasteiger partial charge >= 0.3 is 0 Å². The molecule has 1 atom stereocenters. The maximum absolute atomic E-state index is 5.84. The molecule has 0 radical (unpaired) electrons. The molecule has 0 aromatic carbocycles. The second kappa shape index (κ2) is 4.63. The zero-order valence-electron chi connectivity index (χ0n) is 10.8. The maximum atomic E-state index is 5.84. The van der Waals surface area contributed by atoms with Crippen molar-refractivity contribution < 1.29 is 9.47 Å². The minimum atomic E-state index is -0.228. The van der Waals surface area contributed by atoms with Gasteiger partial charge in [-0.1, -0.05) is 13.8 Å². The number of hydrogen-bond acceptors (Lipinski definition) is 3. The van der Waals surface area contributed by atoms with Gasteiger partial charge in [0, 0.05) is 19.4 Å². The highest BCUT2D eigenvalue weighted by atomic mass is 16.7. The smallest absolute Gasteiger partial charge is 0.168 e. The van der Waals surface area contributed by atoms with Crippen LogP contribution in [0.25, 0.3) is 0 Å². The summed E-state index contributed by atoms with van der Waals surface area (Å²) >= 11 is 0. The molecular formula is C13H25NO2. The highest BCUT2D eigenvalue weighted by Crippen LogP contribution is 2.45. The van der Waals surface area contributed by atoms with E-state index in [0.29, 0.717) is 11.3 Å². The molecule has 1 aliphatic heterocycles. The molecule has 1 spiro atoms. The number of ether oxygens (including phenoxy) is 2. The van der Waals surface area contributed by atoms with E-state index in [4.69, 9.17) is 9.47 Å². The third-order valence-corrected chi connectivity index (χ3v) is 4.22. The Bertz CT molecular complexity index is 234. The number of nitrogens with one attached hydrogen (secondary N) is 1. The normalized spacial score (nSPS) is 29.8. The molecule has 2 fully saturated rings. The lowest BCUT2D eigenvalue weighted by Crippen LogP contribution is -2.44. The van der Waals surface area contributed by atoms with Crippen molar-refractivity contribution in [2.24, 2.45) is 11.3 Å². The number of rotatable bonds is 3. The molecule has 16 heavy (non-hydrogen) atoms. The Hall–Kier alpha value is -0.120. The van der Waals surface area contributed by atoms with Crippen LogP contribution >= 0.6 is 0 Å². The lowest BCUT2D eigenvalue weighted by Gasteiger charge is -2.43. The highest BCUT2D eigenvalue weighted by Gasteiger charge is 2.45. The molecule has 1 heterocycles. The Balaban J connectivity index is 2.00. The predicted molar refractivity (Wildman–Crippen MR) is 64.3 cm³/mol. The first-order valence-electron chi connectivity index (χ1n) is 6.50. The standard InChI is InChI=1S/C13H25NO2/c1-12(2,10-14-3)11-5-4-6-13(9-11)15-7-8-16-13/h11,14H,4-10H2,1-3H3. The van der Waals surface area contributed by atoms with Gasteiger partial charge in [-0.15, -0.1) is 0 Å². The van der Waals surface area contributed by atoms with Crippen LogP contribution in [-0.4, -0.2) is 32.6 Å². The summed E-state index contributed by atoms with van der Waals surface area (Å²) < 4.78 is 11.7. The highest BCUT2D eigenvalue weighted by molar-refractivity contribution is 4.90. The van der Waals surface area contributed by atoms with Gasteiger partial charge in [0.2, 0.25) is 0 Å². The van der Waals surface area contributed by atoms with Gasteiger partial charge in [-0.2, -0.15) is 0 Å². The van der Waals surface area contributed by atoms with E-state index in [0.717, 1.165) is 32.6 Å². The van der Waals surface area contributed by atoms with Crippen LogP contribution in [-0.2, 0) is 9.47 Å². The van der Waals surface area contributed by atoms with Gasteiger partial charge in [-0.3, -0.25) is 0 Å². The molecule has 3 heteroatoms. The first kappa shape index (κ1) is 12.3. The van der Waals surface area contributed by atoms with Crippen LogP contribution in [0.2, 0.25) is 0 Å². The maximum Gasteiger partial charge on any atom is 0.168 e. The van der Waals surface area contributed by atoms with Crippen molar-refractivity contribution in [1.82, 2.24) is 5.32 Å². The summed E-state index contributed by atoms with van der Waals surface area (Å²) in [5, 5.41) is 3.30. The molecule has 0 aromatic heterocycles. The van der Waals surface area contributed by atoms with Crippen LogP contribution in [0.5, 0.6) is 0 Å². The summed E-state index contributed by atoms with van der Waals surface area (Å²) in [6.07, 6.45) is 4.70. The first-order chi connectivity index (χ1) is 7.58. The van der Waals surface area contributed by atoms with Crippen LogP contribution in [0.15, 0.2) is 0 Å². The van der Waals surface area contributed by atoms with E-state index >= 15 is 0 Å². The second-order valence-corrected chi connectivity index (χ2v) is 5.92. The van der Waals surface area contributed by atoms with Crippen LogP contribution < -0.4 is 5.32 Å². The van der Waals surface area contributed by atoms with Gasteiger partial charge in [0.1, 0.15) is 0 Å². The van der Waals surface area contributed by atoms with Crippen LogP contribution in [0.4, 0.5) is 0 Å². The molecule has 2 aliphatic rings. The summed E-state index contributed by atoms with van der Waals surface area (Å²) in [5.41, 5.74) is 0.331. The van der Waals surface area contributed by atoms with Gasteiger partial charge in [0.25, 0.3) is 0 Å². The van der Waals surface area contributed by atoms with Crippen molar-refractivity contribution in [2.45, 2.75) is 45.3 Å². The van der Waals surface area contributed by atoms with E-state index in [1.54, 1.807) is 0 Å². The van der Waals surface area contributed by atoms with E-state index in [1.807, 2.05) is 7.05 Å². The molecule has 1 N–H and O–H groups in total. The minimum absolute atomic E-state index is 0.228. The average Bonchev–Trinajstić information content (AvgIpc) is 2.66. The first-order valence-corrected chi connectivity index (χ1v) is 6.50. The Labute approximate surface area is 98.9 Å². The lowest BCUT2D eigenvalue weighted by atomic mass is 9.69. The lowest BCUT2D eigenvalue weighted by molar-refractivity contribution is -0.195. The van der Waals surface area contributed by atoms with Crippen LogP contribution in [0.3, 0.4) is 0 Å². The SMILES string of the molecule is CNCC(C)(C)C1CCCC2(C1)OCCO2. The van der Waals surface area contributed by atoms with E-state index < -0.39 is 0 Å². The second-order valence-electron chi connectivity index (χ2n) is 5.92. The van der Waals surface area contributed by atoms with Crippen LogP contribution in [0.1, 0.15) is 39.5 Å². The van der Waals surface area contributed by atoms with Gasteiger partial charge in [0.15, 0.2) is 5.79 Å². The molecule has 0 amide bonds. The number of hydrogen-bond donors (Lipinski definition) is 1. The fraction of sp³-hybridized carbons (Fsp3) is 1.00. The Morgan fingerprint density at radius 1 is 1.31 bits per heavy atom. The Morgan fingerprint density at radius 2 is 2.00 bits per heavy atom. The largest absolute Gasteiger partial charge is 0.348 e. The van der Waals surface area contributed by atoms with Crippen molar-refractivity contribution in [2.75, 3.05) is 26.8 Å². The topological polar surface area (TPSA) is 30.5 Å². The Kier molecular flexibility index (Phi) is 3.57. The predicted octanol–water partition coefficient (Wildman–Crippen LogP) is 2.17. The molecule has 1 saturated carbocycles. The van der Waals surface area contributed by atoms with Crippen molar-refractivity contribution in [3.05, 3.63) is 0 Å². The van der Waals surface area contributed by atoms with Crippen molar-refractivity contribution in [1.29, 1.82) is 0 Å². The average molecular weight is 227 g/mol. The van der Waals surface area contributed by atoms with E-state index in [9.17, 15) is 0 Å². The molecule has 1 aliphatic carbocycles. The summed E-state index contributed by atoms with van der Waals surface area (Å²) in [5.74, 6) is 0.472. The summed E-state index contributed by atoms with van der Waals surface area (Å²) in [7, 11) is 2.03. The fourth-order valence-corrected chi connectivity index (χ4v) is 3.22. The van der Waals surface area contributed by atoms with Gasteiger partial charge in [0.05, 0.1) is 13.2 Å². The van der Waals surface area contributed by atoms with E-state index in [1.165, 1.54) is 12.8 Å². The zero-order chi connectivity index (χ0) is 11.6. The third kappa shape index (κ3) is 2.41.